The number of aryl methyl sites for hydroxylation is 1. The van der Waals surface area contributed by atoms with E-state index in [0.717, 1.165) is 31.2 Å². The summed E-state index contributed by atoms with van der Waals surface area (Å²) in [5, 5.41) is 11.8. The van der Waals surface area contributed by atoms with Gasteiger partial charge in [0.15, 0.2) is 0 Å². The van der Waals surface area contributed by atoms with Crippen molar-refractivity contribution in [3.05, 3.63) is 29.3 Å². The molecule has 1 rings (SSSR count). The third kappa shape index (κ3) is 6.40. The molecule has 0 aliphatic rings. The first kappa shape index (κ1) is 17.7. The number of ether oxygens (including phenoxy) is 1. The van der Waals surface area contributed by atoms with E-state index in [1.807, 2.05) is 13.0 Å². The zero-order chi connectivity index (χ0) is 16.4. The Morgan fingerprint density at radius 3 is 2.50 bits per heavy atom. The molecule has 0 atom stereocenters. The van der Waals surface area contributed by atoms with Gasteiger partial charge in [-0.1, -0.05) is 18.9 Å². The van der Waals surface area contributed by atoms with Gasteiger partial charge in [-0.15, -0.1) is 0 Å². The normalized spacial score (nSPS) is 9.86. The summed E-state index contributed by atoms with van der Waals surface area (Å²) in [6.45, 7) is 1.91. The first-order chi connectivity index (χ1) is 10.6. The molecule has 5 heteroatoms. The summed E-state index contributed by atoms with van der Waals surface area (Å²) in [6.07, 6.45) is 4.18. The van der Waals surface area contributed by atoms with Crippen molar-refractivity contribution in [1.82, 2.24) is 0 Å². The SMILES string of the molecule is COC(=O)CCCCCCC(=O)Nc1cc(C)ccc1C#N. The van der Waals surface area contributed by atoms with E-state index < -0.39 is 0 Å². The van der Waals surface area contributed by atoms with E-state index >= 15 is 0 Å². The summed E-state index contributed by atoms with van der Waals surface area (Å²) in [6, 6.07) is 7.42. The van der Waals surface area contributed by atoms with Crippen LogP contribution in [0.15, 0.2) is 18.2 Å². The molecule has 1 aromatic rings. The third-order valence-electron chi connectivity index (χ3n) is 3.33. The van der Waals surface area contributed by atoms with E-state index in [9.17, 15) is 9.59 Å². The predicted octanol–water partition coefficient (Wildman–Crippen LogP) is 3.32. The maximum Gasteiger partial charge on any atom is 0.305 e. The number of nitrogens with one attached hydrogen (secondary N) is 1. The van der Waals surface area contributed by atoms with Crippen molar-refractivity contribution in [2.24, 2.45) is 0 Å². The maximum atomic E-state index is 11.9. The maximum absolute atomic E-state index is 11.9. The standard InChI is InChI=1S/C17H22N2O3/c1-13-9-10-14(12-18)15(11-13)19-16(20)7-5-3-4-6-8-17(21)22-2/h9-11H,3-8H2,1-2H3,(H,19,20). The Labute approximate surface area is 131 Å². The number of unbranched alkanes of at least 4 members (excludes halogenated alkanes) is 3. The zero-order valence-corrected chi connectivity index (χ0v) is 13.1. The Hall–Kier alpha value is -2.35. The number of anilines is 1. The molecular formula is C17H22N2O3. The van der Waals surface area contributed by atoms with E-state index in [4.69, 9.17) is 5.26 Å². The minimum atomic E-state index is -0.193. The number of nitrogens with zero attached hydrogens (tertiary/aromatic N) is 1. The molecule has 118 valence electrons. The number of nitriles is 1. The number of esters is 1. The summed E-state index contributed by atoms with van der Waals surface area (Å²) in [7, 11) is 1.38. The molecule has 0 spiro atoms. The Morgan fingerprint density at radius 1 is 1.18 bits per heavy atom. The van der Waals surface area contributed by atoms with Gasteiger partial charge < -0.3 is 10.1 Å². The van der Waals surface area contributed by atoms with Crippen LogP contribution in [0.5, 0.6) is 0 Å². The number of amides is 1. The highest BCUT2D eigenvalue weighted by Gasteiger charge is 2.07. The van der Waals surface area contributed by atoms with Crippen LogP contribution < -0.4 is 5.32 Å². The zero-order valence-electron chi connectivity index (χ0n) is 13.1. The lowest BCUT2D eigenvalue weighted by atomic mass is 10.1. The average molecular weight is 302 g/mol. The molecule has 0 fully saturated rings. The van der Waals surface area contributed by atoms with Gasteiger partial charge in [-0.2, -0.15) is 5.26 Å². The van der Waals surface area contributed by atoms with Gasteiger partial charge in [0.2, 0.25) is 5.91 Å². The van der Waals surface area contributed by atoms with Crippen LogP contribution in [0, 0.1) is 18.3 Å². The first-order valence-corrected chi connectivity index (χ1v) is 7.44. The van der Waals surface area contributed by atoms with Crippen molar-refractivity contribution < 1.29 is 14.3 Å². The number of methoxy groups -OCH3 is 1. The molecule has 0 aromatic heterocycles. The molecule has 0 aliphatic carbocycles. The van der Waals surface area contributed by atoms with Crippen molar-refractivity contribution in [1.29, 1.82) is 5.26 Å². The Bertz CT molecular complexity index is 562. The van der Waals surface area contributed by atoms with Crippen LogP contribution in [0.4, 0.5) is 5.69 Å². The van der Waals surface area contributed by atoms with Crippen LogP contribution in [0.2, 0.25) is 0 Å². The third-order valence-corrected chi connectivity index (χ3v) is 3.33. The lowest BCUT2D eigenvalue weighted by Gasteiger charge is -2.08. The number of rotatable bonds is 8. The van der Waals surface area contributed by atoms with Crippen LogP contribution in [0.25, 0.3) is 0 Å². The quantitative estimate of drug-likeness (QED) is 0.590. The second-order valence-corrected chi connectivity index (χ2v) is 5.20. The van der Waals surface area contributed by atoms with Crippen LogP contribution in [0.3, 0.4) is 0 Å². The molecule has 0 aliphatic heterocycles. The minimum Gasteiger partial charge on any atom is -0.469 e. The molecule has 0 saturated heterocycles. The number of hydrogen-bond donors (Lipinski definition) is 1. The van der Waals surface area contributed by atoms with Crippen molar-refractivity contribution >= 4 is 17.6 Å². The van der Waals surface area contributed by atoms with Crippen molar-refractivity contribution in [2.45, 2.75) is 45.4 Å². The fourth-order valence-electron chi connectivity index (χ4n) is 2.08. The number of carbonyl (C=O) groups is 2. The molecule has 0 heterocycles. The molecule has 5 nitrogen and oxygen atoms in total. The highest BCUT2D eigenvalue weighted by atomic mass is 16.5. The number of hydrogen-bond acceptors (Lipinski definition) is 4. The second-order valence-electron chi connectivity index (χ2n) is 5.20. The summed E-state index contributed by atoms with van der Waals surface area (Å²) in [5.41, 5.74) is 2.03. The summed E-state index contributed by atoms with van der Waals surface area (Å²) < 4.78 is 4.56. The van der Waals surface area contributed by atoms with Gasteiger partial charge >= 0.3 is 5.97 Å². The fraction of sp³-hybridized carbons (Fsp3) is 0.471. The molecular weight excluding hydrogens is 280 g/mol. The highest BCUT2D eigenvalue weighted by molar-refractivity contribution is 5.92. The van der Waals surface area contributed by atoms with Crippen LogP contribution in [-0.2, 0) is 14.3 Å². The van der Waals surface area contributed by atoms with Crippen LogP contribution in [0.1, 0.15) is 49.7 Å². The van der Waals surface area contributed by atoms with E-state index in [2.05, 4.69) is 16.1 Å². The second kappa shape index (κ2) is 9.56. The molecule has 0 radical (unpaired) electrons. The lowest BCUT2D eigenvalue weighted by Crippen LogP contribution is -2.12. The first-order valence-electron chi connectivity index (χ1n) is 7.44. The van der Waals surface area contributed by atoms with Gasteiger partial charge in [-0.3, -0.25) is 9.59 Å². The molecule has 0 unspecified atom stereocenters. The Morgan fingerprint density at radius 2 is 1.86 bits per heavy atom. The highest BCUT2D eigenvalue weighted by Crippen LogP contribution is 2.17. The lowest BCUT2D eigenvalue weighted by molar-refractivity contribution is -0.140. The fourth-order valence-corrected chi connectivity index (χ4v) is 2.08. The summed E-state index contributed by atoms with van der Waals surface area (Å²) in [4.78, 5) is 22.8. The molecule has 1 amide bonds. The van der Waals surface area contributed by atoms with Gasteiger partial charge in [0.25, 0.3) is 0 Å². The van der Waals surface area contributed by atoms with Gasteiger partial charge in [0.05, 0.1) is 18.4 Å². The van der Waals surface area contributed by atoms with Gasteiger partial charge in [0.1, 0.15) is 6.07 Å². The van der Waals surface area contributed by atoms with Crippen molar-refractivity contribution in [3.63, 3.8) is 0 Å². The van der Waals surface area contributed by atoms with E-state index in [0.29, 0.717) is 24.1 Å². The molecule has 0 saturated carbocycles. The number of benzene rings is 1. The van der Waals surface area contributed by atoms with E-state index in [1.165, 1.54) is 7.11 Å². The Kier molecular flexibility index (Phi) is 7.69. The van der Waals surface area contributed by atoms with Crippen molar-refractivity contribution in [3.8, 4) is 6.07 Å². The monoisotopic (exact) mass is 302 g/mol. The molecule has 1 N–H and O–H groups in total. The summed E-state index contributed by atoms with van der Waals surface area (Å²) in [5.74, 6) is -0.281. The Balaban J connectivity index is 2.28. The smallest absolute Gasteiger partial charge is 0.305 e. The van der Waals surface area contributed by atoms with Gasteiger partial charge in [-0.05, 0) is 37.5 Å². The average Bonchev–Trinajstić information content (AvgIpc) is 2.50. The topological polar surface area (TPSA) is 79.2 Å². The van der Waals surface area contributed by atoms with E-state index in [1.54, 1.807) is 12.1 Å². The molecule has 22 heavy (non-hydrogen) atoms. The largest absolute Gasteiger partial charge is 0.469 e. The van der Waals surface area contributed by atoms with Crippen LogP contribution in [-0.4, -0.2) is 19.0 Å². The molecule has 0 bridgehead atoms. The number of carbonyl (C=O) groups excluding carboxylic acids is 2. The van der Waals surface area contributed by atoms with Crippen LogP contribution >= 0.6 is 0 Å². The van der Waals surface area contributed by atoms with Crippen molar-refractivity contribution in [2.75, 3.05) is 12.4 Å². The summed E-state index contributed by atoms with van der Waals surface area (Å²) >= 11 is 0. The molecule has 1 aromatic carbocycles. The van der Waals surface area contributed by atoms with E-state index in [-0.39, 0.29) is 11.9 Å². The predicted molar refractivity (Wildman–Crippen MR) is 84.2 cm³/mol. The van der Waals surface area contributed by atoms with Gasteiger partial charge in [-0.25, -0.2) is 0 Å². The minimum absolute atomic E-state index is 0.0879. The van der Waals surface area contributed by atoms with Gasteiger partial charge in [0, 0.05) is 12.8 Å².